The molecular weight excluding hydrogens is 244 g/mol. The molecule has 3 N–H and O–H groups in total. The van der Waals surface area contributed by atoms with Crippen molar-refractivity contribution in [3.8, 4) is 0 Å². The summed E-state index contributed by atoms with van der Waals surface area (Å²) < 4.78 is 0. The smallest absolute Gasteiger partial charge is 0.321 e. The Bertz CT molecular complexity index is 290. The van der Waals surface area contributed by atoms with Gasteiger partial charge in [0.2, 0.25) is 5.91 Å². The van der Waals surface area contributed by atoms with Crippen LogP contribution in [0.2, 0.25) is 0 Å². The lowest BCUT2D eigenvalue weighted by Crippen LogP contribution is -2.45. The monoisotopic (exact) mass is 270 g/mol. The summed E-state index contributed by atoms with van der Waals surface area (Å²) in [6.45, 7) is 5.78. The zero-order chi connectivity index (χ0) is 14.1. The number of carbonyl (C=O) groups is 2. The van der Waals surface area contributed by atoms with Crippen LogP contribution >= 0.6 is 0 Å². The van der Waals surface area contributed by atoms with Crippen molar-refractivity contribution in [3.63, 3.8) is 0 Å². The Kier molecular flexibility index (Phi) is 7.43. The lowest BCUT2D eigenvalue weighted by atomic mass is 10.0. The number of piperidine rings is 1. The minimum atomic E-state index is -0.443. The van der Waals surface area contributed by atoms with Crippen LogP contribution in [0.4, 0.5) is 4.79 Å². The first kappa shape index (κ1) is 15.9. The maximum Gasteiger partial charge on any atom is 0.321 e. The summed E-state index contributed by atoms with van der Waals surface area (Å²) >= 11 is 0. The van der Waals surface area contributed by atoms with Gasteiger partial charge in [0, 0.05) is 32.6 Å². The van der Waals surface area contributed by atoms with Crippen molar-refractivity contribution in [2.45, 2.75) is 38.6 Å². The molecule has 1 aliphatic heterocycles. The summed E-state index contributed by atoms with van der Waals surface area (Å²) in [5.41, 5.74) is 0. The van der Waals surface area contributed by atoms with Gasteiger partial charge in [-0.3, -0.25) is 10.1 Å². The number of nitrogens with zero attached hydrogens (tertiary/aromatic N) is 1. The zero-order valence-electron chi connectivity index (χ0n) is 12.0. The number of hydrogen-bond donors (Lipinski definition) is 3. The molecule has 19 heavy (non-hydrogen) atoms. The molecule has 0 spiro atoms. The number of amides is 3. The molecular formula is C13H26N4O2. The number of rotatable bonds is 6. The third-order valence-electron chi connectivity index (χ3n) is 3.47. The van der Waals surface area contributed by atoms with Gasteiger partial charge in [0.15, 0.2) is 0 Å². The normalized spacial score (nSPS) is 19.2. The molecule has 1 heterocycles. The number of nitrogens with one attached hydrogen (secondary N) is 3. The summed E-state index contributed by atoms with van der Waals surface area (Å²) in [5.74, 6) is -0.227. The first-order valence-electron chi connectivity index (χ1n) is 7.13. The van der Waals surface area contributed by atoms with Crippen molar-refractivity contribution in [3.05, 3.63) is 0 Å². The van der Waals surface area contributed by atoms with E-state index >= 15 is 0 Å². The molecule has 6 nitrogen and oxygen atoms in total. The van der Waals surface area contributed by atoms with E-state index in [1.54, 1.807) is 0 Å². The molecule has 1 atom stereocenters. The van der Waals surface area contributed by atoms with Gasteiger partial charge in [-0.2, -0.15) is 0 Å². The van der Waals surface area contributed by atoms with Gasteiger partial charge in [-0.15, -0.1) is 0 Å². The summed E-state index contributed by atoms with van der Waals surface area (Å²) in [6.07, 6.45) is 4.11. The lowest BCUT2D eigenvalue weighted by Gasteiger charge is -2.29. The summed E-state index contributed by atoms with van der Waals surface area (Å²) in [5, 5.41) is 8.16. The minimum Gasteiger partial charge on any atom is -0.341 e. The fourth-order valence-corrected chi connectivity index (χ4v) is 2.28. The zero-order valence-corrected chi connectivity index (χ0v) is 12.0. The maximum absolute atomic E-state index is 11.5. The predicted octanol–water partition coefficient (Wildman–Crippen LogP) is 0.296. The van der Waals surface area contributed by atoms with Crippen LogP contribution in [0, 0.1) is 0 Å². The van der Waals surface area contributed by atoms with Crippen molar-refractivity contribution in [2.24, 2.45) is 0 Å². The molecule has 0 saturated carbocycles. The van der Waals surface area contributed by atoms with Crippen LogP contribution in [0.5, 0.6) is 0 Å². The molecule has 1 unspecified atom stereocenters. The van der Waals surface area contributed by atoms with E-state index < -0.39 is 6.03 Å². The molecule has 0 aromatic carbocycles. The Morgan fingerprint density at radius 1 is 1.37 bits per heavy atom. The fraction of sp³-hybridized carbons (Fsp3) is 0.846. The van der Waals surface area contributed by atoms with Crippen molar-refractivity contribution in [1.29, 1.82) is 0 Å². The highest BCUT2D eigenvalue weighted by atomic mass is 16.2. The third-order valence-corrected chi connectivity index (χ3v) is 3.47. The van der Waals surface area contributed by atoms with Crippen LogP contribution in [-0.4, -0.2) is 56.1 Å². The largest absolute Gasteiger partial charge is 0.341 e. The van der Waals surface area contributed by atoms with E-state index in [0.717, 1.165) is 19.6 Å². The molecule has 1 aliphatic rings. The molecule has 6 heteroatoms. The highest BCUT2D eigenvalue weighted by molar-refractivity contribution is 5.94. The van der Waals surface area contributed by atoms with Crippen molar-refractivity contribution in [1.82, 2.24) is 20.9 Å². The highest BCUT2D eigenvalue weighted by Crippen LogP contribution is 2.08. The Balaban J connectivity index is 2.23. The molecule has 1 rings (SSSR count). The van der Waals surface area contributed by atoms with Gasteiger partial charge in [0.25, 0.3) is 0 Å². The second-order valence-corrected chi connectivity index (χ2v) is 4.92. The Morgan fingerprint density at radius 3 is 2.74 bits per heavy atom. The van der Waals surface area contributed by atoms with Crippen LogP contribution in [0.25, 0.3) is 0 Å². The van der Waals surface area contributed by atoms with E-state index in [0.29, 0.717) is 19.0 Å². The van der Waals surface area contributed by atoms with Gasteiger partial charge in [-0.1, -0.05) is 13.3 Å². The summed E-state index contributed by atoms with van der Waals surface area (Å²) in [6, 6.07) is 0.0951. The Labute approximate surface area is 115 Å². The van der Waals surface area contributed by atoms with Crippen LogP contribution in [0.1, 0.15) is 32.6 Å². The lowest BCUT2D eigenvalue weighted by molar-refractivity contribution is -0.120. The second-order valence-electron chi connectivity index (χ2n) is 4.92. The van der Waals surface area contributed by atoms with Crippen molar-refractivity contribution >= 4 is 11.9 Å². The molecule has 0 bridgehead atoms. The third kappa shape index (κ3) is 6.54. The van der Waals surface area contributed by atoms with Crippen LogP contribution < -0.4 is 16.0 Å². The summed E-state index contributed by atoms with van der Waals surface area (Å²) in [7, 11) is 1.50. The van der Waals surface area contributed by atoms with Gasteiger partial charge in [-0.25, -0.2) is 4.79 Å². The van der Waals surface area contributed by atoms with Crippen molar-refractivity contribution in [2.75, 3.05) is 33.2 Å². The van der Waals surface area contributed by atoms with Crippen molar-refractivity contribution < 1.29 is 9.59 Å². The Hall–Kier alpha value is -1.14. The molecule has 1 saturated heterocycles. The van der Waals surface area contributed by atoms with Crippen LogP contribution in [0.15, 0.2) is 0 Å². The quantitative estimate of drug-likeness (QED) is 0.649. The number of imide groups is 1. The van der Waals surface area contributed by atoms with E-state index in [2.05, 4.69) is 27.8 Å². The number of likely N-dealkylation sites (N-methyl/N-ethyl adjacent to an activating group) is 1. The highest BCUT2D eigenvalue weighted by Gasteiger charge is 2.16. The average molecular weight is 270 g/mol. The molecule has 0 aromatic heterocycles. The molecule has 110 valence electrons. The van der Waals surface area contributed by atoms with Crippen LogP contribution in [0.3, 0.4) is 0 Å². The van der Waals surface area contributed by atoms with E-state index in [1.807, 2.05) is 0 Å². The van der Waals surface area contributed by atoms with Gasteiger partial charge in [0.1, 0.15) is 0 Å². The van der Waals surface area contributed by atoms with E-state index in [4.69, 9.17) is 0 Å². The number of urea groups is 1. The fourth-order valence-electron chi connectivity index (χ4n) is 2.28. The predicted molar refractivity (Wildman–Crippen MR) is 75.0 cm³/mol. The second kappa shape index (κ2) is 8.87. The van der Waals surface area contributed by atoms with E-state index in [-0.39, 0.29) is 5.91 Å². The minimum absolute atomic E-state index is 0.227. The van der Waals surface area contributed by atoms with E-state index in [9.17, 15) is 9.59 Å². The Morgan fingerprint density at radius 2 is 2.16 bits per heavy atom. The number of hydrogen-bond acceptors (Lipinski definition) is 4. The molecule has 1 fully saturated rings. The standard InChI is InChI=1S/C13H26N4O2/c1-3-17(10-11-6-4-5-8-15-11)9-7-12(18)16-13(19)14-2/h11,15H,3-10H2,1-2H3,(H2,14,16,18,19). The number of carbonyl (C=O) groups excluding carboxylic acids is 2. The SMILES string of the molecule is CCN(CCC(=O)NC(=O)NC)CC1CCCCN1. The van der Waals surface area contributed by atoms with Gasteiger partial charge < -0.3 is 15.5 Å². The van der Waals surface area contributed by atoms with Gasteiger partial charge in [-0.05, 0) is 25.9 Å². The van der Waals surface area contributed by atoms with Crippen LogP contribution in [-0.2, 0) is 4.79 Å². The average Bonchev–Trinajstić information content (AvgIpc) is 2.44. The molecule has 0 radical (unpaired) electrons. The molecule has 0 aliphatic carbocycles. The summed E-state index contributed by atoms with van der Waals surface area (Å²) in [4.78, 5) is 24.8. The molecule has 3 amide bonds. The van der Waals surface area contributed by atoms with Gasteiger partial charge in [0.05, 0.1) is 0 Å². The first-order chi connectivity index (χ1) is 9.15. The topological polar surface area (TPSA) is 73.5 Å². The first-order valence-corrected chi connectivity index (χ1v) is 7.13. The molecule has 0 aromatic rings. The van der Waals surface area contributed by atoms with Gasteiger partial charge >= 0.3 is 6.03 Å². The van der Waals surface area contributed by atoms with E-state index in [1.165, 1.54) is 26.3 Å². The maximum atomic E-state index is 11.5.